The summed E-state index contributed by atoms with van der Waals surface area (Å²) >= 11 is 0. The number of hydrogen-bond acceptors (Lipinski definition) is 3. The molecular weight excluding hydrogens is 254 g/mol. The van der Waals surface area contributed by atoms with E-state index in [1.54, 1.807) is 0 Å². The molecule has 1 aromatic carbocycles. The third-order valence-corrected chi connectivity index (χ3v) is 3.41. The molecule has 0 saturated carbocycles. The lowest BCUT2D eigenvalue weighted by Crippen LogP contribution is -2.25. The molecule has 4 nitrogen and oxygen atoms in total. The second kappa shape index (κ2) is 8.02. The first-order valence-electron chi connectivity index (χ1n) is 7.26. The zero-order valence-electron chi connectivity index (χ0n) is 12.1. The Morgan fingerprint density at radius 3 is 3.15 bits per heavy atom. The SMILES string of the molecule is Cc1cccc(C(=O)NCCCOC[C@H]2CCOC2)c1. The first kappa shape index (κ1) is 15.0. The van der Waals surface area contributed by atoms with E-state index in [1.807, 2.05) is 31.2 Å². The Hall–Kier alpha value is -1.39. The van der Waals surface area contributed by atoms with Gasteiger partial charge in [0.2, 0.25) is 0 Å². The summed E-state index contributed by atoms with van der Waals surface area (Å²) in [6.45, 7) is 5.77. The number of benzene rings is 1. The van der Waals surface area contributed by atoms with Crippen molar-refractivity contribution in [2.75, 3.05) is 33.0 Å². The van der Waals surface area contributed by atoms with Crippen LogP contribution in [0.15, 0.2) is 24.3 Å². The van der Waals surface area contributed by atoms with Crippen LogP contribution in [0.25, 0.3) is 0 Å². The molecule has 1 atom stereocenters. The van der Waals surface area contributed by atoms with Crippen LogP contribution in [0.2, 0.25) is 0 Å². The summed E-state index contributed by atoms with van der Waals surface area (Å²) in [7, 11) is 0. The average molecular weight is 277 g/mol. The molecule has 0 aliphatic carbocycles. The number of carbonyl (C=O) groups excluding carboxylic acids is 1. The summed E-state index contributed by atoms with van der Waals surface area (Å²) in [6, 6.07) is 7.61. The van der Waals surface area contributed by atoms with Crippen molar-refractivity contribution in [1.29, 1.82) is 0 Å². The van der Waals surface area contributed by atoms with Gasteiger partial charge in [-0.25, -0.2) is 0 Å². The molecule has 20 heavy (non-hydrogen) atoms. The third-order valence-electron chi connectivity index (χ3n) is 3.41. The molecule has 1 aliphatic rings. The van der Waals surface area contributed by atoms with Crippen LogP contribution in [0, 0.1) is 12.8 Å². The Bertz CT molecular complexity index is 427. The van der Waals surface area contributed by atoms with Crippen LogP contribution in [0.3, 0.4) is 0 Å². The standard InChI is InChI=1S/C16H23NO3/c1-13-4-2-5-15(10-13)16(18)17-7-3-8-19-11-14-6-9-20-12-14/h2,4-5,10,14H,3,6-9,11-12H2,1H3,(H,17,18)/t14-/m1/s1. The summed E-state index contributed by atoms with van der Waals surface area (Å²) in [5, 5.41) is 2.91. The van der Waals surface area contributed by atoms with E-state index in [9.17, 15) is 4.79 Å². The van der Waals surface area contributed by atoms with Gasteiger partial charge in [0, 0.05) is 31.2 Å². The highest BCUT2D eigenvalue weighted by molar-refractivity contribution is 5.94. The Morgan fingerprint density at radius 2 is 2.40 bits per heavy atom. The fourth-order valence-electron chi connectivity index (χ4n) is 2.23. The molecule has 1 saturated heterocycles. The quantitative estimate of drug-likeness (QED) is 0.777. The van der Waals surface area contributed by atoms with Gasteiger partial charge in [0.05, 0.1) is 13.2 Å². The minimum atomic E-state index is -0.0158. The van der Waals surface area contributed by atoms with Gasteiger partial charge >= 0.3 is 0 Å². The number of ether oxygens (including phenoxy) is 2. The summed E-state index contributed by atoms with van der Waals surface area (Å²) in [5.41, 5.74) is 1.81. The van der Waals surface area contributed by atoms with Crippen LogP contribution < -0.4 is 5.32 Å². The van der Waals surface area contributed by atoms with Gasteiger partial charge in [-0.1, -0.05) is 17.7 Å². The van der Waals surface area contributed by atoms with Crippen molar-refractivity contribution in [1.82, 2.24) is 5.32 Å². The highest BCUT2D eigenvalue weighted by Gasteiger charge is 2.15. The number of aryl methyl sites for hydroxylation is 1. The lowest BCUT2D eigenvalue weighted by Gasteiger charge is -2.09. The van der Waals surface area contributed by atoms with Gasteiger partial charge in [-0.05, 0) is 31.9 Å². The molecule has 0 spiro atoms. The lowest BCUT2D eigenvalue weighted by molar-refractivity contribution is 0.0853. The molecule has 2 rings (SSSR count). The normalized spacial score (nSPS) is 18.1. The average Bonchev–Trinajstić information content (AvgIpc) is 2.95. The molecule has 1 fully saturated rings. The van der Waals surface area contributed by atoms with Gasteiger partial charge in [-0.2, -0.15) is 0 Å². The van der Waals surface area contributed by atoms with E-state index in [-0.39, 0.29) is 5.91 Å². The summed E-state index contributed by atoms with van der Waals surface area (Å²) < 4.78 is 10.9. The van der Waals surface area contributed by atoms with Crippen molar-refractivity contribution in [3.63, 3.8) is 0 Å². The third kappa shape index (κ3) is 4.94. The van der Waals surface area contributed by atoms with Gasteiger partial charge in [-0.15, -0.1) is 0 Å². The molecular formula is C16H23NO3. The minimum Gasteiger partial charge on any atom is -0.381 e. The number of rotatable bonds is 7. The maximum Gasteiger partial charge on any atom is 0.251 e. The molecule has 1 aliphatic heterocycles. The summed E-state index contributed by atoms with van der Waals surface area (Å²) in [4.78, 5) is 11.9. The summed E-state index contributed by atoms with van der Waals surface area (Å²) in [5.74, 6) is 0.537. The Morgan fingerprint density at radius 1 is 1.50 bits per heavy atom. The fourth-order valence-corrected chi connectivity index (χ4v) is 2.23. The van der Waals surface area contributed by atoms with E-state index in [2.05, 4.69) is 5.32 Å². The molecule has 4 heteroatoms. The lowest BCUT2D eigenvalue weighted by atomic mass is 10.1. The van der Waals surface area contributed by atoms with E-state index in [0.29, 0.717) is 24.6 Å². The van der Waals surface area contributed by atoms with Crippen LogP contribution in [0.4, 0.5) is 0 Å². The molecule has 0 radical (unpaired) electrons. The number of carbonyl (C=O) groups is 1. The van der Waals surface area contributed by atoms with Crippen LogP contribution in [0.1, 0.15) is 28.8 Å². The van der Waals surface area contributed by atoms with E-state index in [4.69, 9.17) is 9.47 Å². The van der Waals surface area contributed by atoms with Gasteiger partial charge < -0.3 is 14.8 Å². The monoisotopic (exact) mass is 277 g/mol. The van der Waals surface area contributed by atoms with Crippen molar-refractivity contribution in [3.8, 4) is 0 Å². The van der Waals surface area contributed by atoms with Crippen LogP contribution in [0.5, 0.6) is 0 Å². The Labute approximate surface area is 120 Å². The van der Waals surface area contributed by atoms with Gasteiger partial charge in [0.1, 0.15) is 0 Å². The highest BCUT2D eigenvalue weighted by Crippen LogP contribution is 2.12. The van der Waals surface area contributed by atoms with E-state index >= 15 is 0 Å². The molecule has 0 aromatic heterocycles. The van der Waals surface area contributed by atoms with Crippen molar-refractivity contribution >= 4 is 5.91 Å². The fraction of sp³-hybridized carbons (Fsp3) is 0.562. The molecule has 1 N–H and O–H groups in total. The van der Waals surface area contributed by atoms with E-state index in [0.717, 1.165) is 38.2 Å². The van der Waals surface area contributed by atoms with E-state index < -0.39 is 0 Å². The van der Waals surface area contributed by atoms with Crippen molar-refractivity contribution in [3.05, 3.63) is 35.4 Å². The maximum atomic E-state index is 11.9. The molecule has 1 heterocycles. The molecule has 1 amide bonds. The Balaban J connectivity index is 1.55. The largest absolute Gasteiger partial charge is 0.381 e. The number of hydrogen-bond donors (Lipinski definition) is 1. The first-order chi connectivity index (χ1) is 9.75. The zero-order valence-corrected chi connectivity index (χ0v) is 12.1. The predicted molar refractivity (Wildman–Crippen MR) is 77.9 cm³/mol. The van der Waals surface area contributed by atoms with Crippen LogP contribution in [-0.4, -0.2) is 38.9 Å². The molecule has 110 valence electrons. The molecule has 0 unspecified atom stereocenters. The zero-order chi connectivity index (χ0) is 14.2. The van der Waals surface area contributed by atoms with Gasteiger partial charge in [0.15, 0.2) is 0 Å². The Kier molecular flexibility index (Phi) is 6.02. The molecule has 1 aromatic rings. The topological polar surface area (TPSA) is 47.6 Å². The van der Waals surface area contributed by atoms with Crippen molar-refractivity contribution < 1.29 is 14.3 Å². The second-order valence-electron chi connectivity index (χ2n) is 5.28. The predicted octanol–water partition coefficient (Wildman–Crippen LogP) is 2.17. The second-order valence-corrected chi connectivity index (χ2v) is 5.28. The van der Waals surface area contributed by atoms with E-state index in [1.165, 1.54) is 0 Å². The number of amides is 1. The van der Waals surface area contributed by atoms with Gasteiger partial charge in [0.25, 0.3) is 5.91 Å². The smallest absolute Gasteiger partial charge is 0.251 e. The minimum absolute atomic E-state index is 0.0158. The first-order valence-corrected chi connectivity index (χ1v) is 7.26. The van der Waals surface area contributed by atoms with Crippen LogP contribution >= 0.6 is 0 Å². The maximum absolute atomic E-state index is 11.9. The van der Waals surface area contributed by atoms with Gasteiger partial charge in [-0.3, -0.25) is 4.79 Å². The van der Waals surface area contributed by atoms with Crippen LogP contribution in [-0.2, 0) is 9.47 Å². The van der Waals surface area contributed by atoms with Crippen molar-refractivity contribution in [2.24, 2.45) is 5.92 Å². The summed E-state index contributed by atoms with van der Waals surface area (Å²) in [6.07, 6.45) is 1.94. The molecule has 0 bridgehead atoms. The highest BCUT2D eigenvalue weighted by atomic mass is 16.5. The number of nitrogens with one attached hydrogen (secondary N) is 1. The van der Waals surface area contributed by atoms with Crippen molar-refractivity contribution in [2.45, 2.75) is 19.8 Å².